The molecule has 36 heavy (non-hydrogen) atoms. The third-order valence-electron chi connectivity index (χ3n) is 5.55. The van der Waals surface area contributed by atoms with E-state index in [0.717, 1.165) is 21.4 Å². The number of benzene rings is 2. The third kappa shape index (κ3) is 4.89. The van der Waals surface area contributed by atoms with Crippen LogP contribution in [0.25, 0.3) is 21.2 Å². The number of rotatable bonds is 6. The maximum absolute atomic E-state index is 13.1. The molecule has 0 saturated carbocycles. The number of urea groups is 1. The fraction of sp³-hybridized carbons (Fsp3) is 0.0769. The average molecular weight is 498 g/mol. The van der Waals surface area contributed by atoms with Crippen LogP contribution in [0.2, 0.25) is 0 Å². The van der Waals surface area contributed by atoms with Gasteiger partial charge in [-0.1, -0.05) is 30.3 Å². The number of nitrogens with two attached hydrogens (primary N) is 1. The zero-order valence-electron chi connectivity index (χ0n) is 19.4. The summed E-state index contributed by atoms with van der Waals surface area (Å²) in [5.41, 5.74) is 10.6. The molecule has 3 aromatic heterocycles. The van der Waals surface area contributed by atoms with Crippen molar-refractivity contribution in [1.29, 1.82) is 0 Å². The smallest absolute Gasteiger partial charge is 0.323 e. The van der Waals surface area contributed by atoms with Crippen molar-refractivity contribution >= 4 is 50.6 Å². The Morgan fingerprint density at radius 1 is 1.03 bits per heavy atom. The summed E-state index contributed by atoms with van der Waals surface area (Å²) in [4.78, 5) is 29.7. The number of carbonyl (C=O) groups excluding carboxylic acids is 2. The fourth-order valence-corrected chi connectivity index (χ4v) is 4.94. The van der Waals surface area contributed by atoms with Crippen molar-refractivity contribution in [2.75, 3.05) is 16.4 Å². The van der Waals surface area contributed by atoms with E-state index in [9.17, 15) is 9.59 Å². The van der Waals surface area contributed by atoms with Crippen LogP contribution >= 0.6 is 11.3 Å². The third-order valence-corrected chi connectivity index (χ3v) is 6.57. The van der Waals surface area contributed by atoms with E-state index in [1.807, 2.05) is 61.8 Å². The molecule has 5 aromatic rings. The van der Waals surface area contributed by atoms with E-state index < -0.39 is 0 Å². The van der Waals surface area contributed by atoms with Crippen LogP contribution in [0, 0.1) is 0 Å². The minimum absolute atomic E-state index is 0.252. The van der Waals surface area contributed by atoms with Gasteiger partial charge in [-0.15, -0.1) is 11.3 Å². The zero-order chi connectivity index (χ0) is 25.1. The number of pyridine rings is 1. The number of nitrogen functional groups attached to an aromatic ring is 1. The Labute approximate surface area is 211 Å². The molecule has 0 saturated heterocycles. The predicted molar refractivity (Wildman–Crippen MR) is 143 cm³/mol. The summed E-state index contributed by atoms with van der Waals surface area (Å²) in [6.45, 7) is 0.279. The molecule has 0 aliphatic carbocycles. The van der Waals surface area contributed by atoms with Crippen molar-refractivity contribution in [2.24, 2.45) is 7.05 Å². The molecule has 0 spiro atoms. The number of anilines is 3. The van der Waals surface area contributed by atoms with Crippen molar-refractivity contribution in [2.45, 2.75) is 6.54 Å². The van der Waals surface area contributed by atoms with Gasteiger partial charge in [-0.25, -0.2) is 9.78 Å². The van der Waals surface area contributed by atoms with E-state index >= 15 is 0 Å². The molecule has 9 nitrogen and oxygen atoms in total. The first kappa shape index (κ1) is 23.1. The topological polar surface area (TPSA) is 127 Å². The van der Waals surface area contributed by atoms with E-state index in [4.69, 9.17) is 5.73 Å². The lowest BCUT2D eigenvalue weighted by Crippen LogP contribution is -2.23. The number of para-hydroxylation sites is 1. The summed E-state index contributed by atoms with van der Waals surface area (Å²) in [6.07, 6.45) is 5.36. The van der Waals surface area contributed by atoms with Gasteiger partial charge in [-0.3, -0.25) is 9.48 Å². The van der Waals surface area contributed by atoms with Gasteiger partial charge in [0.15, 0.2) is 0 Å². The van der Waals surface area contributed by atoms with Crippen LogP contribution in [0.1, 0.15) is 15.9 Å². The molecule has 3 heterocycles. The van der Waals surface area contributed by atoms with Crippen molar-refractivity contribution in [3.8, 4) is 11.1 Å². The summed E-state index contributed by atoms with van der Waals surface area (Å²) < 4.78 is 2.60. The molecule has 0 unspecified atom stereocenters. The number of hydrogen-bond acceptors (Lipinski definition) is 6. The van der Waals surface area contributed by atoms with E-state index in [1.54, 1.807) is 28.5 Å². The second kappa shape index (κ2) is 9.88. The summed E-state index contributed by atoms with van der Waals surface area (Å²) >= 11 is 1.45. The second-order valence-electron chi connectivity index (χ2n) is 8.14. The van der Waals surface area contributed by atoms with E-state index in [0.29, 0.717) is 28.1 Å². The standard InChI is InChI=1S/C26H23N7O2S/c1-33-14-17(12-30-33)20-13-28-24(27)22-21(15-36-23(20)22)25(34)29-11-16-6-5-9-19(10-16)32-26(35)31-18-7-3-2-4-8-18/h2-10,12-15H,11H2,1H3,(H2,27,28)(H,29,34)(H2,31,32,35). The molecule has 3 amide bonds. The van der Waals surface area contributed by atoms with Gasteiger partial charge in [0.2, 0.25) is 0 Å². The highest BCUT2D eigenvalue weighted by Crippen LogP contribution is 2.37. The van der Waals surface area contributed by atoms with Crippen LogP contribution in [0.15, 0.2) is 78.6 Å². The number of nitrogens with one attached hydrogen (secondary N) is 3. The summed E-state index contributed by atoms with van der Waals surface area (Å²) in [7, 11) is 1.85. The molecule has 0 radical (unpaired) electrons. The van der Waals surface area contributed by atoms with Crippen LogP contribution < -0.4 is 21.7 Å². The van der Waals surface area contributed by atoms with E-state index in [1.165, 1.54) is 11.3 Å². The molecule has 5 rings (SSSR count). The maximum atomic E-state index is 13.1. The molecule has 0 atom stereocenters. The van der Waals surface area contributed by atoms with Gasteiger partial charge >= 0.3 is 6.03 Å². The number of thiophene rings is 1. The number of carbonyl (C=O) groups is 2. The number of hydrogen-bond donors (Lipinski definition) is 4. The Morgan fingerprint density at radius 3 is 2.58 bits per heavy atom. The maximum Gasteiger partial charge on any atom is 0.323 e. The lowest BCUT2D eigenvalue weighted by atomic mass is 10.1. The number of fused-ring (bicyclic) bond motifs is 1. The first-order valence-electron chi connectivity index (χ1n) is 11.1. The Balaban J connectivity index is 1.28. The number of aromatic nitrogens is 3. The highest BCUT2D eigenvalue weighted by atomic mass is 32.1. The molecule has 5 N–H and O–H groups in total. The van der Waals surface area contributed by atoms with Crippen molar-refractivity contribution < 1.29 is 9.59 Å². The summed E-state index contributed by atoms with van der Waals surface area (Å²) in [6, 6.07) is 16.1. The Morgan fingerprint density at radius 2 is 1.81 bits per heavy atom. The van der Waals surface area contributed by atoms with Gasteiger partial charge in [0.25, 0.3) is 5.91 Å². The van der Waals surface area contributed by atoms with Gasteiger partial charge in [-0.05, 0) is 29.8 Å². The number of aryl methyl sites for hydroxylation is 1. The van der Waals surface area contributed by atoms with Gasteiger partial charge in [0.05, 0.1) is 11.8 Å². The quantitative estimate of drug-likeness (QED) is 0.267. The summed E-state index contributed by atoms with van der Waals surface area (Å²) in [5.74, 6) is 0.0536. The monoisotopic (exact) mass is 497 g/mol. The predicted octanol–water partition coefficient (Wildman–Crippen LogP) is 4.85. The highest BCUT2D eigenvalue weighted by Gasteiger charge is 2.19. The molecule has 180 valence electrons. The van der Waals surface area contributed by atoms with Crippen LogP contribution in [0.3, 0.4) is 0 Å². The normalized spacial score (nSPS) is 10.8. The molecule has 0 aliphatic rings. The molecular weight excluding hydrogens is 474 g/mol. The van der Waals surface area contributed by atoms with Gasteiger partial charge in [-0.2, -0.15) is 5.10 Å². The van der Waals surface area contributed by atoms with Crippen molar-refractivity contribution in [3.05, 3.63) is 89.7 Å². The SMILES string of the molecule is Cn1cc(-c2cnc(N)c3c(C(=O)NCc4cccc(NC(=O)Nc5ccccc5)c4)csc23)cn1. The molecule has 2 aromatic carbocycles. The van der Waals surface area contributed by atoms with Gasteiger partial charge < -0.3 is 21.7 Å². The minimum atomic E-state index is -0.348. The highest BCUT2D eigenvalue weighted by molar-refractivity contribution is 7.18. The zero-order valence-corrected chi connectivity index (χ0v) is 20.2. The molecule has 10 heteroatoms. The average Bonchev–Trinajstić information content (AvgIpc) is 3.51. The van der Waals surface area contributed by atoms with Crippen LogP contribution in [0.5, 0.6) is 0 Å². The van der Waals surface area contributed by atoms with E-state index in [2.05, 4.69) is 26.0 Å². The molecule has 0 bridgehead atoms. The second-order valence-corrected chi connectivity index (χ2v) is 9.02. The Bertz CT molecular complexity index is 1560. The molecule has 0 aliphatic heterocycles. The molecule has 0 fully saturated rings. The number of amides is 3. The van der Waals surface area contributed by atoms with Crippen LogP contribution in [-0.4, -0.2) is 26.7 Å². The van der Waals surface area contributed by atoms with E-state index in [-0.39, 0.29) is 18.5 Å². The Hall–Kier alpha value is -4.70. The fourth-order valence-electron chi connectivity index (χ4n) is 3.85. The molecular formula is C26H23N7O2S. The van der Waals surface area contributed by atoms with Crippen LogP contribution in [-0.2, 0) is 13.6 Å². The van der Waals surface area contributed by atoms with Crippen molar-refractivity contribution in [3.63, 3.8) is 0 Å². The van der Waals surface area contributed by atoms with Crippen molar-refractivity contribution in [1.82, 2.24) is 20.1 Å². The number of nitrogens with zero attached hydrogens (tertiary/aromatic N) is 3. The van der Waals surface area contributed by atoms with Gasteiger partial charge in [0.1, 0.15) is 5.82 Å². The minimum Gasteiger partial charge on any atom is -0.383 e. The Kier molecular flexibility index (Phi) is 6.33. The van der Waals surface area contributed by atoms with Crippen LogP contribution in [0.4, 0.5) is 22.0 Å². The lowest BCUT2D eigenvalue weighted by Gasteiger charge is -2.10. The largest absolute Gasteiger partial charge is 0.383 e. The van der Waals surface area contributed by atoms with Gasteiger partial charge in [0, 0.05) is 64.0 Å². The first-order chi connectivity index (χ1) is 17.5. The first-order valence-corrected chi connectivity index (χ1v) is 12.0. The lowest BCUT2D eigenvalue weighted by molar-refractivity contribution is 0.0953. The summed E-state index contributed by atoms with van der Waals surface area (Å²) in [5, 5.41) is 15.2.